The minimum Gasteiger partial charge on any atom is -0.496 e. The lowest BCUT2D eigenvalue weighted by Crippen LogP contribution is -2.46. The third-order valence-electron chi connectivity index (χ3n) is 8.37. The number of methoxy groups -OCH3 is 1. The zero-order valence-electron chi connectivity index (χ0n) is 25.6. The molecule has 2 aliphatic rings. The van der Waals surface area contributed by atoms with Gasteiger partial charge in [0.25, 0.3) is 11.8 Å². The maximum Gasteiger partial charge on any atom is 0.416 e. The van der Waals surface area contributed by atoms with Gasteiger partial charge in [0.15, 0.2) is 0 Å². The van der Waals surface area contributed by atoms with Crippen LogP contribution in [0.25, 0.3) is 0 Å². The van der Waals surface area contributed by atoms with E-state index in [-0.39, 0.29) is 18.7 Å². The number of carbonyl (C=O) groups excluding carboxylic acids is 2. The molecule has 1 saturated heterocycles. The predicted octanol–water partition coefficient (Wildman–Crippen LogP) is 5.48. The van der Waals surface area contributed by atoms with Gasteiger partial charge in [0, 0.05) is 43.7 Å². The first-order valence-corrected chi connectivity index (χ1v) is 14.9. The average Bonchev–Trinajstić information content (AvgIpc) is 3.49. The van der Waals surface area contributed by atoms with Gasteiger partial charge in [-0.05, 0) is 66.9 Å². The van der Waals surface area contributed by atoms with Crippen LogP contribution in [0.3, 0.4) is 0 Å². The lowest BCUT2D eigenvalue weighted by atomic mass is 9.96. The summed E-state index contributed by atoms with van der Waals surface area (Å²) < 4.78 is 50.6. The molecule has 1 fully saturated rings. The quantitative estimate of drug-likeness (QED) is 0.316. The van der Waals surface area contributed by atoms with E-state index in [9.17, 15) is 22.8 Å². The molecule has 0 spiro atoms. The van der Waals surface area contributed by atoms with Crippen molar-refractivity contribution in [1.82, 2.24) is 14.8 Å². The lowest BCUT2D eigenvalue weighted by molar-refractivity contribution is -0.137. The summed E-state index contributed by atoms with van der Waals surface area (Å²) in [6.45, 7) is 6.93. The Kier molecular flexibility index (Phi) is 9.89. The number of benzene rings is 3. The fraction of sp³-hybridized carbons (Fsp3) is 0.382. The summed E-state index contributed by atoms with van der Waals surface area (Å²) in [7, 11) is 1.57. The second-order valence-electron chi connectivity index (χ2n) is 11.3. The summed E-state index contributed by atoms with van der Waals surface area (Å²) in [6, 6.07) is 17.1. The number of hydrazone groups is 1. The van der Waals surface area contributed by atoms with Gasteiger partial charge >= 0.3 is 6.18 Å². The van der Waals surface area contributed by atoms with Gasteiger partial charge in [-0.2, -0.15) is 18.3 Å². The van der Waals surface area contributed by atoms with E-state index in [1.54, 1.807) is 7.11 Å². The fourth-order valence-corrected chi connectivity index (χ4v) is 5.58. The van der Waals surface area contributed by atoms with Gasteiger partial charge < -0.3 is 14.4 Å². The Morgan fingerprint density at radius 1 is 1.00 bits per heavy atom. The summed E-state index contributed by atoms with van der Waals surface area (Å²) in [4.78, 5) is 31.3. The highest BCUT2D eigenvalue weighted by Gasteiger charge is 2.36. The summed E-state index contributed by atoms with van der Waals surface area (Å²) in [5.41, 5.74) is 3.88. The highest BCUT2D eigenvalue weighted by Crippen LogP contribution is 2.38. The molecular weight excluding hydrogens is 585 g/mol. The first-order valence-electron chi connectivity index (χ1n) is 14.9. The smallest absolute Gasteiger partial charge is 0.416 e. The molecule has 0 unspecified atom stereocenters. The van der Waals surface area contributed by atoms with Crippen LogP contribution in [0.5, 0.6) is 5.75 Å². The number of aryl methyl sites for hydroxylation is 2. The van der Waals surface area contributed by atoms with Crippen LogP contribution < -0.4 is 4.74 Å². The normalized spacial score (nSPS) is 17.2. The number of carbonyl (C=O) groups is 2. The van der Waals surface area contributed by atoms with Crippen molar-refractivity contribution < 1.29 is 32.2 Å². The zero-order chi connectivity index (χ0) is 32.1. The van der Waals surface area contributed by atoms with E-state index in [0.717, 1.165) is 52.2 Å². The summed E-state index contributed by atoms with van der Waals surface area (Å²) in [5, 5.41) is 6.21. The Labute approximate surface area is 261 Å². The monoisotopic (exact) mass is 622 g/mol. The van der Waals surface area contributed by atoms with Gasteiger partial charge in [-0.25, -0.2) is 5.01 Å². The van der Waals surface area contributed by atoms with Crippen molar-refractivity contribution in [3.63, 3.8) is 0 Å². The van der Waals surface area contributed by atoms with Crippen molar-refractivity contribution in [2.45, 2.75) is 32.5 Å². The molecule has 3 aromatic rings. The standard InChI is InChI=1S/C34H37F3N4O4/c1-23-8-9-26(20-24(23)2)29-21-30(28-6-4-5-7-31(28)44-3)41(38-29)32(42)22-40(15-14-39-16-18-45-19-17-39)33(43)25-10-12-27(13-11-25)34(35,36)37/h4-13,20,30H,14-19,21-22H2,1-3H3/t30-/m1/s1. The molecule has 3 aromatic carbocycles. The molecule has 0 saturated carbocycles. The number of amides is 2. The predicted molar refractivity (Wildman–Crippen MR) is 164 cm³/mol. The summed E-state index contributed by atoms with van der Waals surface area (Å²) in [5.74, 6) is -0.328. The molecule has 2 amide bonds. The van der Waals surface area contributed by atoms with E-state index >= 15 is 0 Å². The number of alkyl halides is 3. The van der Waals surface area contributed by atoms with Gasteiger partial charge in [-0.3, -0.25) is 14.5 Å². The van der Waals surface area contributed by atoms with E-state index in [1.807, 2.05) is 56.3 Å². The van der Waals surface area contributed by atoms with Gasteiger partial charge in [0.1, 0.15) is 12.3 Å². The van der Waals surface area contributed by atoms with Crippen LogP contribution in [0.1, 0.15) is 50.6 Å². The minimum absolute atomic E-state index is 0.0693. The van der Waals surface area contributed by atoms with Gasteiger partial charge in [0.2, 0.25) is 0 Å². The minimum atomic E-state index is -4.53. The van der Waals surface area contributed by atoms with Crippen LogP contribution in [-0.4, -0.2) is 85.4 Å². The maximum absolute atomic E-state index is 14.1. The first-order chi connectivity index (χ1) is 21.5. The number of hydrogen-bond acceptors (Lipinski definition) is 6. The third-order valence-corrected chi connectivity index (χ3v) is 8.37. The Morgan fingerprint density at radius 2 is 1.71 bits per heavy atom. The Balaban J connectivity index is 1.45. The number of ether oxygens (including phenoxy) is 2. The van der Waals surface area contributed by atoms with Crippen LogP contribution in [0, 0.1) is 13.8 Å². The first kappa shape index (κ1) is 32.2. The molecule has 0 aromatic heterocycles. The number of morpholine rings is 1. The average molecular weight is 623 g/mol. The second kappa shape index (κ2) is 13.8. The molecule has 2 aliphatic heterocycles. The molecule has 0 N–H and O–H groups in total. The van der Waals surface area contributed by atoms with Crippen LogP contribution in [0.4, 0.5) is 13.2 Å². The number of hydrogen-bond donors (Lipinski definition) is 0. The van der Waals surface area contributed by atoms with E-state index in [2.05, 4.69) is 4.90 Å². The zero-order valence-corrected chi connectivity index (χ0v) is 25.6. The number of para-hydroxylation sites is 1. The molecular formula is C34H37F3N4O4. The van der Waals surface area contributed by atoms with Crippen LogP contribution >= 0.6 is 0 Å². The van der Waals surface area contributed by atoms with Gasteiger partial charge in [-0.1, -0.05) is 30.3 Å². The van der Waals surface area contributed by atoms with Crippen molar-refractivity contribution in [3.05, 3.63) is 100 Å². The lowest BCUT2D eigenvalue weighted by Gasteiger charge is -2.31. The van der Waals surface area contributed by atoms with Crippen LogP contribution in [0.2, 0.25) is 0 Å². The van der Waals surface area contributed by atoms with Gasteiger partial charge in [-0.15, -0.1) is 0 Å². The number of nitrogens with zero attached hydrogens (tertiary/aromatic N) is 4. The molecule has 0 aliphatic carbocycles. The van der Waals surface area contributed by atoms with Crippen molar-refractivity contribution >= 4 is 17.5 Å². The largest absolute Gasteiger partial charge is 0.496 e. The Hall–Kier alpha value is -4.22. The van der Waals surface area contributed by atoms with Crippen molar-refractivity contribution in [2.75, 3.05) is 53.0 Å². The molecule has 1 atom stereocenters. The molecule has 5 rings (SSSR count). The molecule has 238 valence electrons. The Morgan fingerprint density at radius 3 is 2.38 bits per heavy atom. The highest BCUT2D eigenvalue weighted by atomic mass is 19.4. The molecule has 2 heterocycles. The van der Waals surface area contributed by atoms with E-state index in [1.165, 1.54) is 9.91 Å². The van der Waals surface area contributed by atoms with E-state index < -0.39 is 29.6 Å². The van der Waals surface area contributed by atoms with E-state index in [0.29, 0.717) is 45.0 Å². The van der Waals surface area contributed by atoms with Crippen LogP contribution in [0.15, 0.2) is 71.8 Å². The third kappa shape index (κ3) is 7.54. The molecule has 8 nitrogen and oxygen atoms in total. The topological polar surface area (TPSA) is 74.7 Å². The number of halogens is 3. The Bertz CT molecular complexity index is 1550. The molecule has 0 bridgehead atoms. The second-order valence-corrected chi connectivity index (χ2v) is 11.3. The van der Waals surface area contributed by atoms with Gasteiger partial charge in [0.05, 0.1) is 37.6 Å². The highest BCUT2D eigenvalue weighted by molar-refractivity contribution is 6.04. The SMILES string of the molecule is COc1ccccc1[C@H]1CC(c2ccc(C)c(C)c2)=NN1C(=O)CN(CCN1CCOCC1)C(=O)c1ccc(C(F)(F)F)cc1. The summed E-state index contributed by atoms with van der Waals surface area (Å²) >= 11 is 0. The molecule has 0 radical (unpaired) electrons. The molecule has 45 heavy (non-hydrogen) atoms. The fourth-order valence-electron chi connectivity index (χ4n) is 5.58. The van der Waals surface area contributed by atoms with E-state index in [4.69, 9.17) is 14.6 Å². The molecule has 11 heteroatoms. The van der Waals surface area contributed by atoms with Crippen molar-refractivity contribution in [2.24, 2.45) is 5.10 Å². The summed E-state index contributed by atoms with van der Waals surface area (Å²) in [6.07, 6.45) is -4.09. The maximum atomic E-state index is 14.1. The number of rotatable bonds is 9. The van der Waals surface area contributed by atoms with Crippen molar-refractivity contribution in [3.8, 4) is 5.75 Å². The van der Waals surface area contributed by atoms with Crippen LogP contribution in [-0.2, 0) is 15.7 Å². The van der Waals surface area contributed by atoms with Crippen molar-refractivity contribution in [1.29, 1.82) is 0 Å².